The summed E-state index contributed by atoms with van der Waals surface area (Å²) in [5.41, 5.74) is 0.838. The van der Waals surface area contributed by atoms with E-state index in [2.05, 4.69) is 10.3 Å². The Labute approximate surface area is 130 Å². The van der Waals surface area contributed by atoms with Gasteiger partial charge in [-0.05, 0) is 30.4 Å². The molecule has 6 heteroatoms. The van der Waals surface area contributed by atoms with E-state index in [-0.39, 0.29) is 17.7 Å². The number of aromatic nitrogens is 1. The lowest BCUT2D eigenvalue weighted by atomic mass is 9.82. The zero-order chi connectivity index (χ0) is 15.3. The lowest BCUT2D eigenvalue weighted by Crippen LogP contribution is -2.36. The molecule has 1 saturated carbocycles. The number of fused-ring (bicyclic) bond motifs is 3. The topological polar surface area (TPSA) is 79.3 Å². The monoisotopic (exact) mass is 314 g/mol. The van der Waals surface area contributed by atoms with Crippen LogP contribution in [0.3, 0.4) is 0 Å². The molecule has 1 amide bonds. The number of carboxylic acid groups (broad SMARTS) is 1. The Morgan fingerprint density at radius 2 is 1.91 bits per heavy atom. The summed E-state index contributed by atoms with van der Waals surface area (Å²) in [6, 6.07) is 7.66. The minimum atomic E-state index is -0.888. The highest BCUT2D eigenvalue weighted by molar-refractivity contribution is 7.22. The summed E-state index contributed by atoms with van der Waals surface area (Å²) in [5.74, 6) is -2.23. The molecule has 0 aliphatic heterocycles. The van der Waals surface area contributed by atoms with Crippen LogP contribution in [0.1, 0.15) is 6.42 Å². The van der Waals surface area contributed by atoms with E-state index in [1.165, 1.54) is 11.3 Å². The van der Waals surface area contributed by atoms with Crippen molar-refractivity contribution in [3.8, 4) is 0 Å². The van der Waals surface area contributed by atoms with Gasteiger partial charge in [0.15, 0.2) is 5.13 Å². The molecule has 2 aliphatic carbocycles. The molecule has 4 rings (SSSR count). The summed E-state index contributed by atoms with van der Waals surface area (Å²) in [5, 5.41) is 12.8. The molecule has 0 radical (unpaired) electrons. The van der Waals surface area contributed by atoms with Gasteiger partial charge in [0.05, 0.1) is 22.1 Å². The van der Waals surface area contributed by atoms with Crippen LogP contribution in [-0.4, -0.2) is 22.0 Å². The highest BCUT2D eigenvalue weighted by Gasteiger charge is 2.51. The average molecular weight is 314 g/mol. The van der Waals surface area contributed by atoms with Gasteiger partial charge < -0.3 is 10.4 Å². The van der Waals surface area contributed by atoms with Crippen LogP contribution in [-0.2, 0) is 9.59 Å². The number of benzene rings is 1. The normalized spacial score (nSPS) is 29.1. The quantitative estimate of drug-likeness (QED) is 0.854. The molecule has 1 heterocycles. The Morgan fingerprint density at radius 3 is 2.64 bits per heavy atom. The fraction of sp³-hybridized carbons (Fsp3) is 0.312. The van der Waals surface area contributed by atoms with E-state index < -0.39 is 17.8 Å². The lowest BCUT2D eigenvalue weighted by Gasteiger charge is -2.23. The van der Waals surface area contributed by atoms with E-state index in [4.69, 9.17) is 0 Å². The number of hydrogen-bond donors (Lipinski definition) is 2. The molecule has 2 aromatic rings. The van der Waals surface area contributed by atoms with Gasteiger partial charge >= 0.3 is 5.97 Å². The first-order chi connectivity index (χ1) is 10.6. The number of carbonyl (C=O) groups is 2. The molecule has 0 saturated heterocycles. The summed E-state index contributed by atoms with van der Waals surface area (Å²) >= 11 is 1.41. The van der Waals surface area contributed by atoms with Crippen LogP contribution in [0.25, 0.3) is 10.2 Å². The molecule has 5 nitrogen and oxygen atoms in total. The molecule has 2 bridgehead atoms. The summed E-state index contributed by atoms with van der Waals surface area (Å²) in [6.45, 7) is 0. The zero-order valence-corrected chi connectivity index (χ0v) is 12.4. The second-order valence-electron chi connectivity index (χ2n) is 5.81. The van der Waals surface area contributed by atoms with Crippen molar-refractivity contribution >= 4 is 38.6 Å². The summed E-state index contributed by atoms with van der Waals surface area (Å²) in [6.07, 6.45) is 4.67. The van der Waals surface area contributed by atoms with E-state index in [1.807, 2.05) is 36.4 Å². The lowest BCUT2D eigenvalue weighted by molar-refractivity contribution is -0.146. The highest BCUT2D eigenvalue weighted by atomic mass is 32.1. The van der Waals surface area contributed by atoms with Gasteiger partial charge in [0.25, 0.3) is 0 Å². The zero-order valence-electron chi connectivity index (χ0n) is 11.6. The van der Waals surface area contributed by atoms with Crippen LogP contribution in [0.2, 0.25) is 0 Å². The third-order valence-electron chi connectivity index (χ3n) is 4.57. The number of amides is 1. The molecule has 4 atom stereocenters. The maximum absolute atomic E-state index is 12.6. The number of thiazole rings is 1. The van der Waals surface area contributed by atoms with Gasteiger partial charge in [-0.1, -0.05) is 35.6 Å². The van der Waals surface area contributed by atoms with Crippen LogP contribution in [0, 0.1) is 23.7 Å². The van der Waals surface area contributed by atoms with Crippen molar-refractivity contribution in [2.75, 3.05) is 5.32 Å². The molecule has 1 fully saturated rings. The number of rotatable bonds is 3. The number of allylic oxidation sites excluding steroid dienone is 2. The highest BCUT2D eigenvalue weighted by Crippen LogP contribution is 2.48. The molecule has 1 aromatic heterocycles. The van der Waals surface area contributed by atoms with Crippen LogP contribution >= 0.6 is 11.3 Å². The van der Waals surface area contributed by atoms with Crippen LogP contribution in [0.15, 0.2) is 36.4 Å². The standard InChI is InChI=1S/C16H14N2O3S/c19-14(12-8-5-6-9(7-8)13(12)15(20)21)18-16-17-10-3-1-2-4-11(10)22-16/h1-6,8-9,12-13H,7H2,(H,20,21)(H,17,18,19)/t8-,9-,12-,13-/m0/s1. The number of nitrogens with zero attached hydrogens (tertiary/aromatic N) is 1. The van der Waals surface area contributed by atoms with Crippen LogP contribution < -0.4 is 5.32 Å². The molecule has 22 heavy (non-hydrogen) atoms. The van der Waals surface area contributed by atoms with Crippen LogP contribution in [0.4, 0.5) is 5.13 Å². The van der Waals surface area contributed by atoms with Gasteiger partial charge in [0.1, 0.15) is 0 Å². The summed E-state index contributed by atoms with van der Waals surface area (Å²) in [7, 11) is 0. The average Bonchev–Trinajstić information content (AvgIpc) is 3.19. The smallest absolute Gasteiger partial charge is 0.307 e. The number of para-hydroxylation sites is 1. The fourth-order valence-electron chi connectivity index (χ4n) is 3.63. The van der Waals surface area contributed by atoms with Crippen molar-refractivity contribution < 1.29 is 14.7 Å². The number of carboxylic acids is 1. The van der Waals surface area contributed by atoms with Crippen molar-refractivity contribution in [1.29, 1.82) is 0 Å². The van der Waals surface area contributed by atoms with Crippen molar-refractivity contribution in [3.63, 3.8) is 0 Å². The first-order valence-corrected chi connectivity index (χ1v) is 8.03. The predicted octanol–water partition coefficient (Wildman–Crippen LogP) is 2.76. The number of nitrogens with one attached hydrogen (secondary N) is 1. The molecule has 1 aromatic carbocycles. The second kappa shape index (κ2) is 4.91. The molecule has 2 N–H and O–H groups in total. The molecular formula is C16H14N2O3S. The van der Waals surface area contributed by atoms with Gasteiger partial charge in [-0.2, -0.15) is 0 Å². The maximum atomic E-state index is 12.6. The summed E-state index contributed by atoms with van der Waals surface area (Å²) in [4.78, 5) is 28.4. The Balaban J connectivity index is 1.59. The van der Waals surface area contributed by atoms with Gasteiger partial charge in [-0.15, -0.1) is 0 Å². The van der Waals surface area contributed by atoms with Crippen LogP contribution in [0.5, 0.6) is 0 Å². The van der Waals surface area contributed by atoms with E-state index in [0.29, 0.717) is 5.13 Å². The third-order valence-corrected chi connectivity index (χ3v) is 5.52. The molecule has 0 unspecified atom stereocenters. The van der Waals surface area contributed by atoms with Gasteiger partial charge in [0.2, 0.25) is 5.91 Å². The number of hydrogen-bond acceptors (Lipinski definition) is 4. The minimum absolute atomic E-state index is 0.0198. The van der Waals surface area contributed by atoms with E-state index in [1.54, 1.807) is 0 Å². The second-order valence-corrected chi connectivity index (χ2v) is 6.84. The first kappa shape index (κ1) is 13.5. The van der Waals surface area contributed by atoms with Gasteiger partial charge in [-0.3, -0.25) is 9.59 Å². The molecular weight excluding hydrogens is 300 g/mol. The summed E-state index contributed by atoms with van der Waals surface area (Å²) < 4.78 is 1.00. The SMILES string of the molecule is O=C(O)[C@@H]1[C@@H](C(=O)Nc2nc3ccccc3s2)[C@H]2C=C[C@H]1C2. The third kappa shape index (κ3) is 2.02. The Hall–Kier alpha value is -2.21. The predicted molar refractivity (Wildman–Crippen MR) is 83.6 cm³/mol. The number of aliphatic carboxylic acids is 1. The van der Waals surface area contributed by atoms with E-state index in [9.17, 15) is 14.7 Å². The Morgan fingerprint density at radius 1 is 1.18 bits per heavy atom. The van der Waals surface area contributed by atoms with Crippen molar-refractivity contribution in [1.82, 2.24) is 4.98 Å². The molecule has 2 aliphatic rings. The van der Waals surface area contributed by atoms with E-state index in [0.717, 1.165) is 16.6 Å². The Kier molecular flexibility index (Phi) is 3.00. The van der Waals surface area contributed by atoms with Gasteiger partial charge in [-0.25, -0.2) is 4.98 Å². The number of anilines is 1. The molecule has 112 valence electrons. The maximum Gasteiger partial charge on any atom is 0.307 e. The van der Waals surface area contributed by atoms with E-state index >= 15 is 0 Å². The molecule has 0 spiro atoms. The minimum Gasteiger partial charge on any atom is -0.481 e. The van der Waals surface area contributed by atoms with Gasteiger partial charge in [0, 0.05) is 0 Å². The first-order valence-electron chi connectivity index (χ1n) is 7.21. The Bertz CT molecular complexity index is 765. The number of carbonyl (C=O) groups excluding carboxylic acids is 1. The van der Waals surface area contributed by atoms with Crippen molar-refractivity contribution in [3.05, 3.63) is 36.4 Å². The fourth-order valence-corrected chi connectivity index (χ4v) is 4.50. The van der Waals surface area contributed by atoms with Crippen molar-refractivity contribution in [2.45, 2.75) is 6.42 Å². The van der Waals surface area contributed by atoms with Crippen molar-refractivity contribution in [2.24, 2.45) is 23.7 Å². The largest absolute Gasteiger partial charge is 0.481 e.